The fourth-order valence-electron chi connectivity index (χ4n) is 4.09. The van der Waals surface area contributed by atoms with Gasteiger partial charge in [0.25, 0.3) is 0 Å². The van der Waals surface area contributed by atoms with E-state index in [0.717, 1.165) is 0 Å². The highest BCUT2D eigenvalue weighted by Gasteiger charge is 2.24. The van der Waals surface area contributed by atoms with E-state index in [1.807, 2.05) is 13.0 Å². The second-order valence-electron chi connectivity index (χ2n) is 9.19. The van der Waals surface area contributed by atoms with E-state index < -0.39 is 36.4 Å². The van der Waals surface area contributed by atoms with Crippen LogP contribution >= 0.6 is 11.6 Å². The highest BCUT2D eigenvalue weighted by atomic mass is 35.5. The maximum atomic E-state index is 12.7. The fourth-order valence-corrected chi connectivity index (χ4v) is 4.32. The van der Waals surface area contributed by atoms with E-state index in [2.05, 4.69) is 5.32 Å². The molecule has 204 valence electrons. The number of allylic oxidation sites excluding steroid dienone is 3. The first-order valence-electron chi connectivity index (χ1n) is 12.0. The van der Waals surface area contributed by atoms with Crippen LogP contribution in [0.5, 0.6) is 5.75 Å². The van der Waals surface area contributed by atoms with Crippen molar-refractivity contribution in [2.24, 2.45) is 11.7 Å². The smallest absolute Gasteiger partial charge is 0.404 e. The first kappa shape index (κ1) is 30.4. The normalized spacial score (nSPS) is 29.7. The Morgan fingerprint density at radius 1 is 1.16 bits per heavy atom. The SMILES string of the molecule is COc1cc2cc(c1Cl)NC(=O)C[C@H](O)/C(C)=C/[C@H](C)CCC(OC(N)=O)[C@H](OC)/C=C/C=C(\C)C2O. The summed E-state index contributed by atoms with van der Waals surface area (Å²) in [4.78, 5) is 24.2. The molecule has 1 heterocycles. The molecule has 0 spiro atoms. The van der Waals surface area contributed by atoms with Gasteiger partial charge in [-0.1, -0.05) is 42.8 Å². The predicted molar refractivity (Wildman–Crippen MR) is 143 cm³/mol. The summed E-state index contributed by atoms with van der Waals surface area (Å²) in [5.41, 5.74) is 7.21. The molecule has 37 heavy (non-hydrogen) atoms. The van der Waals surface area contributed by atoms with Crippen LogP contribution in [0, 0.1) is 5.92 Å². The number of nitrogens with one attached hydrogen (secondary N) is 1. The number of anilines is 1. The number of hydrogen-bond donors (Lipinski definition) is 4. The lowest BCUT2D eigenvalue weighted by atomic mass is 9.96. The molecule has 0 saturated carbocycles. The lowest BCUT2D eigenvalue weighted by Crippen LogP contribution is -2.34. The third-order valence-corrected chi connectivity index (χ3v) is 6.62. The number of rotatable bonds is 3. The van der Waals surface area contributed by atoms with Crippen LogP contribution in [0.2, 0.25) is 5.02 Å². The number of halogens is 1. The van der Waals surface area contributed by atoms with Gasteiger partial charge in [-0.05, 0) is 61.4 Å². The van der Waals surface area contributed by atoms with E-state index in [1.54, 1.807) is 44.2 Å². The van der Waals surface area contributed by atoms with Gasteiger partial charge in [-0.2, -0.15) is 0 Å². The Hall–Kier alpha value is -2.85. The van der Waals surface area contributed by atoms with E-state index in [0.29, 0.717) is 29.6 Å². The molecule has 1 aromatic carbocycles. The summed E-state index contributed by atoms with van der Waals surface area (Å²) < 4.78 is 16.2. The quantitative estimate of drug-likeness (QED) is 0.419. The van der Waals surface area contributed by atoms with Crippen molar-refractivity contribution in [2.45, 2.75) is 64.4 Å². The van der Waals surface area contributed by atoms with E-state index in [1.165, 1.54) is 14.2 Å². The predicted octanol–water partition coefficient (Wildman–Crippen LogP) is 4.43. The van der Waals surface area contributed by atoms with E-state index >= 15 is 0 Å². The van der Waals surface area contributed by atoms with Gasteiger partial charge in [0.05, 0.1) is 25.3 Å². The van der Waals surface area contributed by atoms with Crippen molar-refractivity contribution in [3.8, 4) is 5.75 Å². The number of hydrogen-bond acceptors (Lipinski definition) is 7. The van der Waals surface area contributed by atoms with Crippen LogP contribution in [-0.4, -0.2) is 54.7 Å². The molecule has 1 aliphatic rings. The summed E-state index contributed by atoms with van der Waals surface area (Å²) in [6.45, 7) is 5.45. The highest BCUT2D eigenvalue weighted by molar-refractivity contribution is 6.35. The van der Waals surface area contributed by atoms with Gasteiger partial charge in [-0.15, -0.1) is 0 Å². The molecule has 0 saturated heterocycles. The summed E-state index contributed by atoms with van der Waals surface area (Å²) in [6.07, 6.45) is 3.69. The largest absolute Gasteiger partial charge is 0.495 e. The number of methoxy groups -OCH3 is 2. The van der Waals surface area contributed by atoms with Crippen LogP contribution in [0.1, 0.15) is 51.7 Å². The van der Waals surface area contributed by atoms with Crippen molar-refractivity contribution in [3.63, 3.8) is 0 Å². The number of carbonyl (C=O) groups excluding carboxylic acids is 2. The maximum absolute atomic E-state index is 12.7. The van der Waals surface area contributed by atoms with Gasteiger partial charge in [0.15, 0.2) is 0 Å². The third-order valence-electron chi connectivity index (χ3n) is 6.23. The molecule has 9 nitrogen and oxygen atoms in total. The minimum atomic E-state index is -1.04. The highest BCUT2D eigenvalue weighted by Crippen LogP contribution is 2.37. The van der Waals surface area contributed by atoms with Crippen LogP contribution < -0.4 is 15.8 Å². The zero-order chi connectivity index (χ0) is 27.7. The molecular formula is C27H37ClN2O7. The number of fused-ring (bicyclic) bond motifs is 2. The standard InChI is InChI=1S/C27H37ClN2O7/c1-15-9-10-22(37-27(29)34)21(35-4)8-6-7-16(2)26(33)18-12-19(25(28)23(13-18)36-5)30-24(32)14-20(31)17(3)11-15/h6-8,11-13,15,20-22,26,31,33H,9-10,14H2,1-5H3,(H2,29,34)(H,30,32)/b8-6+,16-7+,17-11+/t15-,20+,21-,22?,26?/m1/s1. The second kappa shape index (κ2) is 14.2. The summed E-state index contributed by atoms with van der Waals surface area (Å²) in [5.74, 6) is -0.165. The molecule has 2 amide bonds. The Kier molecular flexibility index (Phi) is 11.6. The van der Waals surface area contributed by atoms with E-state index in [-0.39, 0.29) is 28.8 Å². The first-order chi connectivity index (χ1) is 17.5. The zero-order valence-electron chi connectivity index (χ0n) is 21.9. The molecule has 1 aromatic rings. The number of amides is 2. The number of nitrogens with two attached hydrogens (primary N) is 1. The second-order valence-corrected chi connectivity index (χ2v) is 9.57. The number of benzene rings is 1. The minimum Gasteiger partial charge on any atom is -0.495 e. The lowest BCUT2D eigenvalue weighted by molar-refractivity contribution is -0.117. The molecule has 2 bridgehead atoms. The monoisotopic (exact) mass is 536 g/mol. The molecule has 5 N–H and O–H groups in total. The van der Waals surface area contributed by atoms with Crippen molar-refractivity contribution in [1.29, 1.82) is 0 Å². The molecule has 1 aliphatic heterocycles. The molecular weight excluding hydrogens is 500 g/mol. The van der Waals surface area contributed by atoms with E-state index in [9.17, 15) is 19.8 Å². The zero-order valence-corrected chi connectivity index (χ0v) is 22.6. The minimum absolute atomic E-state index is 0.00734. The fraction of sp³-hybridized carbons (Fsp3) is 0.481. The Bertz CT molecular complexity index is 1050. The Labute approximate surface area is 222 Å². The van der Waals surface area contributed by atoms with Crippen molar-refractivity contribution >= 4 is 29.3 Å². The summed E-state index contributed by atoms with van der Waals surface area (Å²) in [7, 11) is 2.94. The lowest BCUT2D eigenvalue weighted by Gasteiger charge is -2.24. The van der Waals surface area contributed by atoms with Gasteiger partial charge >= 0.3 is 6.09 Å². The van der Waals surface area contributed by atoms with Crippen LogP contribution in [0.25, 0.3) is 0 Å². The van der Waals surface area contributed by atoms with Crippen LogP contribution in [0.15, 0.2) is 47.6 Å². The van der Waals surface area contributed by atoms with Crippen LogP contribution in [0.3, 0.4) is 0 Å². The average molecular weight is 537 g/mol. The molecule has 10 heteroatoms. The van der Waals surface area contributed by atoms with Gasteiger partial charge in [-0.3, -0.25) is 4.79 Å². The number of aliphatic hydroxyl groups is 2. The van der Waals surface area contributed by atoms with Gasteiger partial charge in [0.1, 0.15) is 29.1 Å². The summed E-state index contributed by atoms with van der Waals surface area (Å²) in [5, 5.41) is 24.5. The Balaban J connectivity index is 2.53. The molecule has 2 unspecified atom stereocenters. The van der Waals surface area contributed by atoms with Gasteiger partial charge in [-0.25, -0.2) is 4.79 Å². The van der Waals surface area contributed by atoms with Crippen molar-refractivity contribution in [1.82, 2.24) is 0 Å². The Morgan fingerprint density at radius 2 is 1.86 bits per heavy atom. The van der Waals surface area contributed by atoms with Crippen molar-refractivity contribution in [3.05, 3.63) is 58.2 Å². The molecule has 2 rings (SSSR count). The van der Waals surface area contributed by atoms with Gasteiger partial charge in [0, 0.05) is 7.11 Å². The molecule has 0 aromatic heterocycles. The molecule has 0 aliphatic carbocycles. The Morgan fingerprint density at radius 3 is 2.49 bits per heavy atom. The average Bonchev–Trinajstić information content (AvgIpc) is 2.84. The van der Waals surface area contributed by atoms with Crippen LogP contribution in [0.4, 0.5) is 10.5 Å². The van der Waals surface area contributed by atoms with Crippen molar-refractivity contribution < 1.29 is 34.0 Å². The van der Waals surface area contributed by atoms with Crippen molar-refractivity contribution in [2.75, 3.05) is 19.5 Å². The first-order valence-corrected chi connectivity index (χ1v) is 12.4. The summed E-state index contributed by atoms with van der Waals surface area (Å²) in [6, 6.07) is 3.15. The van der Waals surface area contributed by atoms with Gasteiger partial charge in [0.2, 0.25) is 5.91 Å². The topological polar surface area (TPSA) is 140 Å². The number of carbonyl (C=O) groups is 2. The van der Waals surface area contributed by atoms with Crippen LogP contribution in [-0.2, 0) is 14.3 Å². The number of ether oxygens (including phenoxy) is 3. The number of primary amides is 1. The summed E-state index contributed by atoms with van der Waals surface area (Å²) >= 11 is 6.41. The maximum Gasteiger partial charge on any atom is 0.404 e. The van der Waals surface area contributed by atoms with Gasteiger partial charge < -0.3 is 35.5 Å². The third kappa shape index (κ3) is 8.89. The molecule has 0 fully saturated rings. The molecule has 0 radical (unpaired) electrons. The number of aliphatic hydroxyl groups excluding tert-OH is 2. The molecule has 5 atom stereocenters. The van der Waals surface area contributed by atoms with E-state index in [4.69, 9.17) is 31.5 Å².